The normalized spacial score (nSPS) is 15.0. The third-order valence-corrected chi connectivity index (χ3v) is 3.87. The molecule has 22 heavy (non-hydrogen) atoms. The van der Waals surface area contributed by atoms with E-state index < -0.39 is 0 Å². The predicted molar refractivity (Wildman–Crippen MR) is 83.0 cm³/mol. The van der Waals surface area contributed by atoms with Crippen LogP contribution in [0.1, 0.15) is 28.9 Å². The molecular formula is C16H18N4O2. The van der Waals surface area contributed by atoms with Crippen molar-refractivity contribution in [3.8, 4) is 5.75 Å². The highest BCUT2D eigenvalue weighted by atomic mass is 16.5. The molecule has 0 unspecified atom stereocenters. The van der Waals surface area contributed by atoms with Crippen LogP contribution in [0.25, 0.3) is 0 Å². The monoisotopic (exact) mass is 298 g/mol. The van der Waals surface area contributed by atoms with Crippen LogP contribution in [0.15, 0.2) is 36.7 Å². The Morgan fingerprint density at radius 3 is 2.68 bits per heavy atom. The van der Waals surface area contributed by atoms with Crippen molar-refractivity contribution in [3.63, 3.8) is 0 Å². The summed E-state index contributed by atoms with van der Waals surface area (Å²) >= 11 is 0. The minimum absolute atomic E-state index is 0.213. The van der Waals surface area contributed by atoms with Gasteiger partial charge in [0.25, 0.3) is 5.91 Å². The predicted octanol–water partition coefficient (Wildman–Crippen LogP) is 1.95. The summed E-state index contributed by atoms with van der Waals surface area (Å²) in [6.45, 7) is 0. The second-order valence-electron chi connectivity index (χ2n) is 5.31. The topological polar surface area (TPSA) is 76.1 Å². The molecule has 0 aliphatic heterocycles. The van der Waals surface area contributed by atoms with Crippen molar-refractivity contribution < 1.29 is 9.53 Å². The third-order valence-electron chi connectivity index (χ3n) is 3.87. The smallest absolute Gasteiger partial charge is 0.272 e. The first kappa shape index (κ1) is 14.3. The summed E-state index contributed by atoms with van der Waals surface area (Å²) in [6, 6.07) is 7.79. The van der Waals surface area contributed by atoms with Crippen LogP contribution in [-0.2, 0) is 5.54 Å². The number of aromatic nitrogens is 2. The second-order valence-corrected chi connectivity index (χ2v) is 5.31. The summed E-state index contributed by atoms with van der Waals surface area (Å²) in [4.78, 5) is 20.6. The fourth-order valence-corrected chi connectivity index (χ4v) is 2.39. The Hall–Kier alpha value is -2.63. The quantitative estimate of drug-likeness (QED) is 0.882. The zero-order valence-electron chi connectivity index (χ0n) is 12.6. The number of nitrogens with one attached hydrogen (secondary N) is 2. The zero-order valence-corrected chi connectivity index (χ0v) is 12.6. The molecule has 1 fully saturated rings. The van der Waals surface area contributed by atoms with E-state index in [0.717, 1.165) is 24.2 Å². The first-order valence-electron chi connectivity index (χ1n) is 7.14. The van der Waals surface area contributed by atoms with Crippen molar-refractivity contribution in [1.29, 1.82) is 0 Å². The number of amides is 1. The summed E-state index contributed by atoms with van der Waals surface area (Å²) in [5, 5.41) is 5.94. The van der Waals surface area contributed by atoms with E-state index in [1.807, 2.05) is 24.3 Å². The van der Waals surface area contributed by atoms with Crippen molar-refractivity contribution in [3.05, 3.63) is 47.9 Å². The van der Waals surface area contributed by atoms with Gasteiger partial charge < -0.3 is 15.4 Å². The molecule has 2 N–H and O–H groups in total. The van der Waals surface area contributed by atoms with Gasteiger partial charge in [-0.3, -0.25) is 4.79 Å². The molecule has 6 heteroatoms. The maximum atomic E-state index is 12.4. The van der Waals surface area contributed by atoms with Gasteiger partial charge in [0.1, 0.15) is 17.3 Å². The summed E-state index contributed by atoms with van der Waals surface area (Å²) in [6.07, 6.45) is 4.84. The lowest BCUT2D eigenvalue weighted by molar-refractivity contribution is 0.0925. The van der Waals surface area contributed by atoms with Gasteiger partial charge in [-0.05, 0) is 30.5 Å². The summed E-state index contributed by atoms with van der Waals surface area (Å²) < 4.78 is 5.25. The average Bonchev–Trinajstić information content (AvgIpc) is 3.35. The summed E-state index contributed by atoms with van der Waals surface area (Å²) in [7, 11) is 3.39. The van der Waals surface area contributed by atoms with Crippen molar-refractivity contribution in [2.24, 2.45) is 0 Å². The van der Waals surface area contributed by atoms with Crippen LogP contribution in [0.4, 0.5) is 5.82 Å². The van der Waals surface area contributed by atoms with E-state index in [4.69, 9.17) is 4.74 Å². The lowest BCUT2D eigenvalue weighted by Gasteiger charge is -2.18. The van der Waals surface area contributed by atoms with Gasteiger partial charge >= 0.3 is 0 Å². The molecular weight excluding hydrogens is 280 g/mol. The fourth-order valence-electron chi connectivity index (χ4n) is 2.39. The second kappa shape index (κ2) is 5.63. The van der Waals surface area contributed by atoms with Gasteiger partial charge in [0.2, 0.25) is 0 Å². The largest absolute Gasteiger partial charge is 0.497 e. The van der Waals surface area contributed by atoms with E-state index in [1.54, 1.807) is 20.4 Å². The third kappa shape index (κ3) is 2.72. The van der Waals surface area contributed by atoms with E-state index in [-0.39, 0.29) is 11.4 Å². The molecule has 0 radical (unpaired) electrons. The average molecular weight is 298 g/mol. The summed E-state index contributed by atoms with van der Waals surface area (Å²) in [5.41, 5.74) is 1.06. The number of nitrogens with zero attached hydrogens (tertiary/aromatic N) is 2. The Morgan fingerprint density at radius 1 is 1.27 bits per heavy atom. The molecule has 3 rings (SSSR count). The van der Waals surface area contributed by atoms with Crippen molar-refractivity contribution in [1.82, 2.24) is 15.3 Å². The van der Waals surface area contributed by atoms with Crippen LogP contribution in [0.2, 0.25) is 0 Å². The van der Waals surface area contributed by atoms with Crippen LogP contribution < -0.4 is 15.4 Å². The van der Waals surface area contributed by atoms with E-state index in [0.29, 0.717) is 11.5 Å². The molecule has 1 saturated carbocycles. The number of rotatable bonds is 5. The van der Waals surface area contributed by atoms with Gasteiger partial charge in [0.15, 0.2) is 0 Å². The van der Waals surface area contributed by atoms with Crippen LogP contribution in [0, 0.1) is 0 Å². The van der Waals surface area contributed by atoms with E-state index in [9.17, 15) is 4.79 Å². The maximum Gasteiger partial charge on any atom is 0.272 e. The minimum Gasteiger partial charge on any atom is -0.497 e. The van der Waals surface area contributed by atoms with Gasteiger partial charge in [-0.2, -0.15) is 0 Å². The van der Waals surface area contributed by atoms with Crippen molar-refractivity contribution in [2.75, 3.05) is 19.5 Å². The molecule has 0 spiro atoms. The van der Waals surface area contributed by atoms with Gasteiger partial charge in [-0.1, -0.05) is 12.1 Å². The number of carbonyl (C=O) groups is 1. The van der Waals surface area contributed by atoms with Crippen LogP contribution in [0.5, 0.6) is 5.75 Å². The molecule has 1 aromatic carbocycles. The standard InChI is InChI=1S/C16H18N4O2/c1-17-14-10-18-13(9-19-14)15(21)20-16(6-7-16)11-4-3-5-12(8-11)22-2/h3-5,8-10H,6-7H2,1-2H3,(H,17,19)(H,20,21). The van der Waals surface area contributed by atoms with Gasteiger partial charge in [-0.15, -0.1) is 0 Å². The van der Waals surface area contributed by atoms with Crippen LogP contribution >= 0.6 is 0 Å². The number of carbonyl (C=O) groups excluding carboxylic acids is 1. The molecule has 114 valence electrons. The van der Waals surface area contributed by atoms with E-state index in [1.165, 1.54) is 6.20 Å². The first-order chi connectivity index (χ1) is 10.7. The molecule has 1 aliphatic rings. The Morgan fingerprint density at radius 2 is 2.09 bits per heavy atom. The molecule has 1 aromatic heterocycles. The molecule has 1 aliphatic carbocycles. The Labute approximate surface area is 128 Å². The van der Waals surface area contributed by atoms with Crippen molar-refractivity contribution in [2.45, 2.75) is 18.4 Å². The minimum atomic E-state index is -0.311. The lowest BCUT2D eigenvalue weighted by Crippen LogP contribution is -2.35. The number of hydrogen-bond donors (Lipinski definition) is 2. The zero-order chi connectivity index (χ0) is 15.6. The number of anilines is 1. The van der Waals surface area contributed by atoms with Crippen LogP contribution in [-0.4, -0.2) is 30.0 Å². The molecule has 1 heterocycles. The Balaban J connectivity index is 1.77. The Kier molecular flexibility index (Phi) is 3.66. The first-order valence-corrected chi connectivity index (χ1v) is 7.14. The van der Waals surface area contributed by atoms with Gasteiger partial charge in [0, 0.05) is 7.05 Å². The molecule has 6 nitrogen and oxygen atoms in total. The molecule has 2 aromatic rings. The number of ether oxygens (including phenoxy) is 1. The summed E-state index contributed by atoms with van der Waals surface area (Å²) in [5.74, 6) is 1.21. The van der Waals surface area contributed by atoms with Crippen LogP contribution in [0.3, 0.4) is 0 Å². The Bertz CT molecular complexity index is 681. The highest BCUT2D eigenvalue weighted by Crippen LogP contribution is 2.46. The fraction of sp³-hybridized carbons (Fsp3) is 0.312. The van der Waals surface area contributed by atoms with E-state index >= 15 is 0 Å². The lowest BCUT2D eigenvalue weighted by atomic mass is 10.0. The number of hydrogen-bond acceptors (Lipinski definition) is 5. The highest BCUT2D eigenvalue weighted by Gasteiger charge is 2.46. The van der Waals surface area contributed by atoms with Gasteiger partial charge in [-0.25, -0.2) is 9.97 Å². The maximum absolute atomic E-state index is 12.4. The van der Waals surface area contributed by atoms with E-state index in [2.05, 4.69) is 20.6 Å². The molecule has 0 saturated heterocycles. The molecule has 0 atom stereocenters. The number of methoxy groups -OCH3 is 1. The molecule has 0 bridgehead atoms. The van der Waals surface area contributed by atoms with Gasteiger partial charge in [0.05, 0.1) is 25.0 Å². The van der Waals surface area contributed by atoms with Crippen molar-refractivity contribution >= 4 is 11.7 Å². The highest BCUT2D eigenvalue weighted by molar-refractivity contribution is 5.93. The SMILES string of the molecule is CNc1cnc(C(=O)NC2(c3cccc(OC)c3)CC2)cn1. The molecule has 1 amide bonds. The number of benzene rings is 1.